The number of aryl methyl sites for hydroxylation is 1. The Balaban J connectivity index is 2.39. The zero-order chi connectivity index (χ0) is 14.7. The number of nitro benzene ring substituents is 1. The highest BCUT2D eigenvalue weighted by atomic mass is 35.5. The van der Waals surface area contributed by atoms with E-state index in [1.807, 2.05) is 6.07 Å². The van der Waals surface area contributed by atoms with Crippen LogP contribution in [0.4, 0.5) is 5.69 Å². The summed E-state index contributed by atoms with van der Waals surface area (Å²) in [5, 5.41) is 11.3. The number of nitrogens with zero attached hydrogens (tertiary/aromatic N) is 2. The largest absolute Gasteiger partial charge is 0.431 e. The first-order valence-corrected chi connectivity index (χ1v) is 6.16. The molecule has 0 aliphatic carbocycles. The Hall–Kier alpha value is -2.18. The quantitative estimate of drug-likeness (QED) is 0.690. The number of hydrogen-bond acceptors (Lipinski definition) is 5. The van der Waals surface area contributed by atoms with Gasteiger partial charge in [0.25, 0.3) is 0 Å². The Morgan fingerprint density at radius 2 is 2.20 bits per heavy atom. The van der Waals surface area contributed by atoms with Crippen molar-refractivity contribution in [3.63, 3.8) is 0 Å². The van der Waals surface area contributed by atoms with Crippen LogP contribution in [-0.2, 0) is 6.54 Å². The number of benzene rings is 1. The topological polar surface area (TPSA) is 91.3 Å². The predicted octanol–water partition coefficient (Wildman–Crippen LogP) is 3.20. The average Bonchev–Trinajstić information content (AvgIpc) is 2.40. The van der Waals surface area contributed by atoms with E-state index in [2.05, 4.69) is 4.98 Å². The monoisotopic (exact) mass is 293 g/mol. The van der Waals surface area contributed by atoms with Crippen LogP contribution in [0.3, 0.4) is 0 Å². The maximum Gasteiger partial charge on any atom is 0.311 e. The van der Waals surface area contributed by atoms with Gasteiger partial charge in [0.1, 0.15) is 0 Å². The molecule has 0 aliphatic heterocycles. The Bertz CT molecular complexity index is 661. The Labute approximate surface area is 120 Å². The van der Waals surface area contributed by atoms with Gasteiger partial charge in [-0.3, -0.25) is 10.1 Å². The number of pyridine rings is 1. The lowest BCUT2D eigenvalue weighted by Crippen LogP contribution is -2.00. The number of hydrogen-bond donors (Lipinski definition) is 1. The summed E-state index contributed by atoms with van der Waals surface area (Å²) in [7, 11) is 0. The summed E-state index contributed by atoms with van der Waals surface area (Å²) in [6.45, 7) is 2.16. The van der Waals surface area contributed by atoms with Crippen LogP contribution in [0.15, 0.2) is 30.5 Å². The first-order chi connectivity index (χ1) is 9.51. The second-order valence-electron chi connectivity index (χ2n) is 4.14. The standard InChI is InChI=1S/C13H12ClN3O3/c1-8-4-9(6-15)7-16-13(8)20-12-5-10(14)2-3-11(12)17(18)19/h2-5,7H,6,15H2,1H3. The van der Waals surface area contributed by atoms with Crippen LogP contribution in [0, 0.1) is 17.0 Å². The van der Waals surface area contributed by atoms with Gasteiger partial charge in [0, 0.05) is 35.5 Å². The highest BCUT2D eigenvalue weighted by Crippen LogP contribution is 2.34. The lowest BCUT2D eigenvalue weighted by atomic mass is 10.2. The van der Waals surface area contributed by atoms with Crippen LogP contribution in [0.5, 0.6) is 11.6 Å². The number of rotatable bonds is 4. The van der Waals surface area contributed by atoms with E-state index in [0.717, 1.165) is 11.1 Å². The molecule has 6 nitrogen and oxygen atoms in total. The third kappa shape index (κ3) is 3.04. The molecular weight excluding hydrogens is 282 g/mol. The van der Waals surface area contributed by atoms with Crippen LogP contribution in [0.25, 0.3) is 0 Å². The fourth-order valence-corrected chi connectivity index (χ4v) is 1.83. The molecule has 7 heteroatoms. The van der Waals surface area contributed by atoms with Crippen molar-refractivity contribution in [2.75, 3.05) is 0 Å². The minimum absolute atomic E-state index is 0.0543. The van der Waals surface area contributed by atoms with Crippen molar-refractivity contribution in [1.29, 1.82) is 0 Å². The van der Waals surface area contributed by atoms with Crippen molar-refractivity contribution in [3.8, 4) is 11.6 Å². The molecule has 0 fully saturated rings. The number of halogens is 1. The van der Waals surface area contributed by atoms with E-state index in [4.69, 9.17) is 22.1 Å². The Morgan fingerprint density at radius 3 is 2.80 bits per heavy atom. The van der Waals surface area contributed by atoms with Crippen molar-refractivity contribution in [2.24, 2.45) is 5.73 Å². The molecule has 0 saturated carbocycles. The van der Waals surface area contributed by atoms with Gasteiger partial charge in [-0.2, -0.15) is 0 Å². The van der Waals surface area contributed by atoms with Crippen molar-refractivity contribution in [3.05, 3.63) is 56.7 Å². The third-order valence-electron chi connectivity index (χ3n) is 2.65. The van der Waals surface area contributed by atoms with Crippen molar-refractivity contribution >= 4 is 17.3 Å². The summed E-state index contributed by atoms with van der Waals surface area (Å²) in [6, 6.07) is 5.93. The summed E-state index contributed by atoms with van der Waals surface area (Å²) < 4.78 is 5.50. The first kappa shape index (κ1) is 14.2. The molecule has 1 aromatic heterocycles. The van der Waals surface area contributed by atoms with Gasteiger partial charge in [0.05, 0.1) is 4.92 Å². The van der Waals surface area contributed by atoms with E-state index in [9.17, 15) is 10.1 Å². The smallest absolute Gasteiger partial charge is 0.311 e. The summed E-state index contributed by atoms with van der Waals surface area (Å²) >= 11 is 5.84. The molecule has 0 radical (unpaired) electrons. The van der Waals surface area contributed by atoms with Crippen LogP contribution in [-0.4, -0.2) is 9.91 Å². The molecular formula is C13H12ClN3O3. The summed E-state index contributed by atoms with van der Waals surface area (Å²) in [5.74, 6) is 0.339. The Morgan fingerprint density at radius 1 is 1.45 bits per heavy atom. The maximum atomic E-state index is 11.0. The lowest BCUT2D eigenvalue weighted by Gasteiger charge is -2.09. The van der Waals surface area contributed by atoms with Gasteiger partial charge in [0.2, 0.25) is 11.6 Å². The summed E-state index contributed by atoms with van der Waals surface area (Å²) in [5.41, 5.74) is 6.94. The maximum absolute atomic E-state index is 11.0. The fourth-order valence-electron chi connectivity index (χ4n) is 1.66. The average molecular weight is 294 g/mol. The number of nitrogens with two attached hydrogens (primary N) is 1. The first-order valence-electron chi connectivity index (χ1n) is 5.78. The lowest BCUT2D eigenvalue weighted by molar-refractivity contribution is -0.385. The molecule has 0 saturated heterocycles. The van der Waals surface area contributed by atoms with E-state index in [-0.39, 0.29) is 17.3 Å². The predicted molar refractivity (Wildman–Crippen MR) is 75.0 cm³/mol. The van der Waals surface area contributed by atoms with Gasteiger partial charge < -0.3 is 10.5 Å². The summed E-state index contributed by atoms with van der Waals surface area (Å²) in [4.78, 5) is 14.5. The van der Waals surface area contributed by atoms with Crippen LogP contribution >= 0.6 is 11.6 Å². The molecule has 1 aromatic carbocycles. The van der Waals surface area contributed by atoms with Gasteiger partial charge >= 0.3 is 5.69 Å². The molecule has 0 spiro atoms. The van der Waals surface area contributed by atoms with E-state index >= 15 is 0 Å². The zero-order valence-electron chi connectivity index (χ0n) is 10.7. The van der Waals surface area contributed by atoms with Crippen LogP contribution in [0.1, 0.15) is 11.1 Å². The van der Waals surface area contributed by atoms with E-state index in [1.165, 1.54) is 18.2 Å². The van der Waals surface area contributed by atoms with Crippen molar-refractivity contribution in [2.45, 2.75) is 13.5 Å². The van der Waals surface area contributed by atoms with Crippen LogP contribution < -0.4 is 10.5 Å². The van der Waals surface area contributed by atoms with Gasteiger partial charge in [0.15, 0.2) is 0 Å². The van der Waals surface area contributed by atoms with Crippen molar-refractivity contribution < 1.29 is 9.66 Å². The molecule has 0 atom stereocenters. The van der Waals surface area contributed by atoms with Crippen molar-refractivity contribution in [1.82, 2.24) is 4.98 Å². The third-order valence-corrected chi connectivity index (χ3v) is 2.88. The number of ether oxygens (including phenoxy) is 1. The molecule has 2 rings (SSSR count). The van der Waals surface area contributed by atoms with E-state index in [1.54, 1.807) is 13.1 Å². The zero-order valence-corrected chi connectivity index (χ0v) is 11.4. The van der Waals surface area contributed by atoms with Gasteiger partial charge in [-0.25, -0.2) is 4.98 Å². The Kier molecular flexibility index (Phi) is 4.16. The van der Waals surface area contributed by atoms with E-state index in [0.29, 0.717) is 11.6 Å². The highest BCUT2D eigenvalue weighted by molar-refractivity contribution is 6.30. The second-order valence-corrected chi connectivity index (χ2v) is 4.58. The molecule has 0 aliphatic rings. The number of aromatic nitrogens is 1. The molecule has 0 unspecified atom stereocenters. The highest BCUT2D eigenvalue weighted by Gasteiger charge is 2.17. The van der Waals surface area contributed by atoms with Crippen LogP contribution in [0.2, 0.25) is 5.02 Å². The SMILES string of the molecule is Cc1cc(CN)cnc1Oc1cc(Cl)ccc1[N+](=O)[O-]. The minimum Gasteiger partial charge on any atom is -0.431 e. The molecule has 2 N–H and O–H groups in total. The molecule has 20 heavy (non-hydrogen) atoms. The second kappa shape index (κ2) is 5.85. The van der Waals surface area contributed by atoms with Gasteiger partial charge in [-0.1, -0.05) is 11.6 Å². The molecule has 2 aromatic rings. The molecule has 0 bridgehead atoms. The normalized spacial score (nSPS) is 10.3. The number of nitro groups is 1. The molecule has 1 heterocycles. The minimum atomic E-state index is -0.532. The summed E-state index contributed by atoms with van der Waals surface area (Å²) in [6.07, 6.45) is 1.57. The van der Waals surface area contributed by atoms with Gasteiger partial charge in [-0.05, 0) is 24.6 Å². The van der Waals surface area contributed by atoms with E-state index < -0.39 is 4.92 Å². The fraction of sp³-hybridized carbons (Fsp3) is 0.154. The van der Waals surface area contributed by atoms with Gasteiger partial charge in [-0.15, -0.1) is 0 Å². The molecule has 104 valence electrons. The molecule has 0 amide bonds.